The van der Waals surface area contributed by atoms with Crippen LogP contribution in [0.3, 0.4) is 0 Å². The van der Waals surface area contributed by atoms with Gasteiger partial charge in [-0.05, 0) is 12.1 Å². The number of hydrogen-bond acceptors (Lipinski definition) is 4. The summed E-state index contributed by atoms with van der Waals surface area (Å²) in [5.41, 5.74) is 5.55. The predicted molar refractivity (Wildman–Crippen MR) is 53.1 cm³/mol. The molecule has 1 aromatic carbocycles. The Bertz CT molecular complexity index is 459. The van der Waals surface area contributed by atoms with Gasteiger partial charge in [0.25, 0.3) is 0 Å². The van der Waals surface area contributed by atoms with Crippen LogP contribution in [0.15, 0.2) is 12.1 Å². The predicted octanol–water partition coefficient (Wildman–Crippen LogP) is 1.76. The monoisotopic (exact) mass is 257 g/mol. The first kappa shape index (κ1) is 11.4. The highest BCUT2D eigenvalue weighted by Gasteiger charge is 2.14. The summed E-state index contributed by atoms with van der Waals surface area (Å²) in [5.74, 6) is -0.284. The SMILES string of the molecule is Nc1ccc(OS(=O)(=O)O)c(Cl)c1Cl. The maximum Gasteiger partial charge on any atom is 0.446 e. The van der Waals surface area contributed by atoms with Gasteiger partial charge in [-0.2, -0.15) is 8.42 Å². The van der Waals surface area contributed by atoms with Crippen LogP contribution in [0.1, 0.15) is 0 Å². The molecule has 3 N–H and O–H groups in total. The number of rotatable bonds is 2. The summed E-state index contributed by atoms with van der Waals surface area (Å²) >= 11 is 11.2. The Hall–Kier alpha value is -0.690. The van der Waals surface area contributed by atoms with Crippen molar-refractivity contribution < 1.29 is 17.2 Å². The fourth-order valence-electron chi connectivity index (χ4n) is 0.724. The van der Waals surface area contributed by atoms with E-state index in [2.05, 4.69) is 4.18 Å². The molecule has 1 aromatic rings. The highest BCUT2D eigenvalue weighted by Crippen LogP contribution is 2.36. The number of hydrogen-bond donors (Lipinski definition) is 2. The third-order valence-corrected chi connectivity index (χ3v) is 2.54. The Balaban J connectivity index is 3.19. The lowest BCUT2D eigenvalue weighted by atomic mass is 10.3. The highest BCUT2D eigenvalue weighted by atomic mass is 35.5. The molecule has 0 atom stereocenters. The second-order valence-electron chi connectivity index (χ2n) is 2.29. The van der Waals surface area contributed by atoms with Crippen molar-refractivity contribution in [3.05, 3.63) is 22.2 Å². The van der Waals surface area contributed by atoms with E-state index in [1.807, 2.05) is 0 Å². The summed E-state index contributed by atoms with van der Waals surface area (Å²) < 4.78 is 33.2. The van der Waals surface area contributed by atoms with E-state index in [9.17, 15) is 8.42 Å². The molecule has 0 amide bonds. The van der Waals surface area contributed by atoms with Crippen molar-refractivity contribution in [2.24, 2.45) is 0 Å². The summed E-state index contributed by atoms with van der Waals surface area (Å²) in [6.45, 7) is 0. The van der Waals surface area contributed by atoms with Crippen molar-refractivity contribution in [1.82, 2.24) is 0 Å². The topological polar surface area (TPSA) is 89.6 Å². The standard InChI is InChI=1S/C6H5Cl2NO4S/c7-5-3(9)1-2-4(6(5)8)13-14(10,11)12/h1-2H,9H2,(H,10,11,12). The molecule has 0 aliphatic carbocycles. The third kappa shape index (κ3) is 2.65. The molecule has 8 heteroatoms. The van der Waals surface area contributed by atoms with E-state index in [1.165, 1.54) is 12.1 Å². The summed E-state index contributed by atoms with van der Waals surface area (Å²) in [4.78, 5) is 0. The van der Waals surface area contributed by atoms with Gasteiger partial charge >= 0.3 is 10.4 Å². The van der Waals surface area contributed by atoms with Crippen LogP contribution >= 0.6 is 23.2 Å². The molecule has 0 saturated carbocycles. The summed E-state index contributed by atoms with van der Waals surface area (Å²) in [7, 11) is -4.61. The van der Waals surface area contributed by atoms with E-state index < -0.39 is 10.4 Å². The Morgan fingerprint density at radius 2 is 1.86 bits per heavy atom. The number of nitrogens with two attached hydrogens (primary N) is 1. The highest BCUT2D eigenvalue weighted by molar-refractivity contribution is 7.81. The first-order chi connectivity index (χ1) is 6.31. The van der Waals surface area contributed by atoms with Gasteiger partial charge in [-0.25, -0.2) is 0 Å². The van der Waals surface area contributed by atoms with Crippen molar-refractivity contribution in [1.29, 1.82) is 0 Å². The molecule has 0 bridgehead atoms. The minimum absolute atomic E-state index is 0.0344. The largest absolute Gasteiger partial charge is 0.446 e. The van der Waals surface area contributed by atoms with Gasteiger partial charge in [-0.1, -0.05) is 23.2 Å². The number of nitrogen functional groups attached to an aromatic ring is 1. The molecule has 0 radical (unpaired) electrons. The van der Waals surface area contributed by atoms with E-state index in [1.54, 1.807) is 0 Å². The number of benzene rings is 1. The van der Waals surface area contributed by atoms with Gasteiger partial charge in [0.05, 0.1) is 10.7 Å². The minimum atomic E-state index is -4.61. The molecule has 1 rings (SSSR count). The number of anilines is 1. The van der Waals surface area contributed by atoms with E-state index >= 15 is 0 Å². The van der Waals surface area contributed by atoms with Crippen LogP contribution in [0.4, 0.5) is 5.69 Å². The molecule has 0 heterocycles. The maximum atomic E-state index is 10.3. The van der Waals surface area contributed by atoms with Crippen LogP contribution in [0.5, 0.6) is 5.75 Å². The summed E-state index contributed by atoms with van der Waals surface area (Å²) in [5, 5.41) is -0.211. The van der Waals surface area contributed by atoms with Crippen molar-refractivity contribution in [3.63, 3.8) is 0 Å². The van der Waals surface area contributed by atoms with Gasteiger partial charge in [-0.15, -0.1) is 0 Å². The molecule has 0 fully saturated rings. The molecule has 0 spiro atoms. The second kappa shape index (κ2) is 3.82. The van der Waals surface area contributed by atoms with Crippen molar-refractivity contribution in [2.75, 3.05) is 5.73 Å². The lowest BCUT2D eigenvalue weighted by molar-refractivity contribution is 0.387. The molecule has 0 aliphatic rings. The minimum Gasteiger partial charge on any atom is -0.397 e. The second-order valence-corrected chi connectivity index (χ2v) is 4.07. The zero-order valence-electron chi connectivity index (χ0n) is 6.57. The summed E-state index contributed by atoms with van der Waals surface area (Å²) in [6, 6.07) is 2.48. The van der Waals surface area contributed by atoms with Crippen molar-refractivity contribution >= 4 is 39.3 Å². The van der Waals surface area contributed by atoms with Crippen LogP contribution in [0.25, 0.3) is 0 Å². The van der Waals surface area contributed by atoms with Gasteiger partial charge < -0.3 is 9.92 Å². The van der Waals surface area contributed by atoms with E-state index in [4.69, 9.17) is 33.5 Å². The normalized spacial score (nSPS) is 11.4. The van der Waals surface area contributed by atoms with E-state index in [0.29, 0.717) is 0 Å². The Morgan fingerprint density at radius 3 is 2.36 bits per heavy atom. The quantitative estimate of drug-likeness (QED) is 0.623. The molecular formula is C6H5Cl2NO4S. The van der Waals surface area contributed by atoms with Crippen LogP contribution in [-0.4, -0.2) is 13.0 Å². The zero-order chi connectivity index (χ0) is 10.9. The van der Waals surface area contributed by atoms with Crippen LogP contribution < -0.4 is 9.92 Å². The van der Waals surface area contributed by atoms with Crippen molar-refractivity contribution in [2.45, 2.75) is 0 Å². The van der Waals surface area contributed by atoms with Gasteiger partial charge in [0.15, 0.2) is 5.75 Å². The van der Waals surface area contributed by atoms with Gasteiger partial charge in [0, 0.05) is 0 Å². The maximum absolute atomic E-state index is 10.3. The van der Waals surface area contributed by atoms with Gasteiger partial charge in [-0.3, -0.25) is 4.55 Å². The summed E-state index contributed by atoms with van der Waals surface area (Å²) in [6.07, 6.45) is 0. The molecule has 0 unspecified atom stereocenters. The van der Waals surface area contributed by atoms with E-state index in [0.717, 1.165) is 0 Å². The molecule has 5 nitrogen and oxygen atoms in total. The van der Waals surface area contributed by atoms with Crippen LogP contribution in [-0.2, 0) is 10.4 Å². The molecule has 14 heavy (non-hydrogen) atoms. The lowest BCUT2D eigenvalue weighted by Crippen LogP contribution is -2.07. The smallest absolute Gasteiger partial charge is 0.397 e. The van der Waals surface area contributed by atoms with Crippen molar-refractivity contribution in [3.8, 4) is 5.75 Å². The molecule has 0 aliphatic heterocycles. The Morgan fingerprint density at radius 1 is 1.29 bits per heavy atom. The number of halogens is 2. The van der Waals surface area contributed by atoms with E-state index in [-0.39, 0.29) is 21.5 Å². The fraction of sp³-hybridized carbons (Fsp3) is 0. The first-order valence-electron chi connectivity index (χ1n) is 3.21. The molecular weight excluding hydrogens is 253 g/mol. The third-order valence-electron chi connectivity index (χ3n) is 1.27. The van der Waals surface area contributed by atoms with Crippen LogP contribution in [0.2, 0.25) is 10.0 Å². The van der Waals surface area contributed by atoms with Gasteiger partial charge in [0.2, 0.25) is 0 Å². The average Bonchev–Trinajstić information content (AvgIpc) is 2.04. The molecule has 0 saturated heterocycles. The first-order valence-corrected chi connectivity index (χ1v) is 5.34. The zero-order valence-corrected chi connectivity index (χ0v) is 8.90. The molecule has 0 aromatic heterocycles. The fourth-order valence-corrected chi connectivity index (χ4v) is 1.50. The Labute approximate surface area is 90.3 Å². The van der Waals surface area contributed by atoms with Gasteiger partial charge in [0.1, 0.15) is 5.02 Å². The Kier molecular flexibility index (Phi) is 3.10. The lowest BCUT2D eigenvalue weighted by Gasteiger charge is -2.06. The average molecular weight is 258 g/mol. The van der Waals surface area contributed by atoms with Crippen LogP contribution in [0, 0.1) is 0 Å². The molecule has 78 valence electrons.